The minimum Gasteiger partial charge on any atom is -0.490 e. The van der Waals surface area contributed by atoms with Gasteiger partial charge in [-0.25, -0.2) is 4.79 Å². The van der Waals surface area contributed by atoms with Crippen LogP contribution in [-0.2, 0) is 4.79 Å². The molecule has 0 aliphatic carbocycles. The third-order valence-corrected chi connectivity index (χ3v) is 5.05. The van der Waals surface area contributed by atoms with Gasteiger partial charge in [0.05, 0.1) is 17.4 Å². The van der Waals surface area contributed by atoms with Crippen molar-refractivity contribution in [1.29, 1.82) is 0 Å². The number of nitrogens with one attached hydrogen (secondary N) is 1. The first kappa shape index (κ1) is 22.9. The van der Waals surface area contributed by atoms with Gasteiger partial charge in [-0.05, 0) is 49.2 Å². The maximum atomic E-state index is 13.1. The van der Waals surface area contributed by atoms with Gasteiger partial charge in [0.2, 0.25) is 6.10 Å². The molecule has 0 saturated heterocycles. The van der Waals surface area contributed by atoms with Gasteiger partial charge >= 0.3 is 5.97 Å². The Morgan fingerprint density at radius 1 is 0.812 bits per heavy atom. The predicted octanol–water partition coefficient (Wildman–Crippen LogP) is 5.71. The number of carboxylic acids is 1. The summed E-state index contributed by atoms with van der Waals surface area (Å²) < 4.78 is 12.0. The van der Waals surface area contributed by atoms with Gasteiger partial charge in [-0.3, -0.25) is 4.79 Å². The Morgan fingerprint density at radius 3 is 1.97 bits per heavy atom. The second-order valence-electron chi connectivity index (χ2n) is 7.28. The molecule has 6 nitrogen and oxygen atoms in total. The van der Waals surface area contributed by atoms with Gasteiger partial charge in [0.1, 0.15) is 11.5 Å². The lowest BCUT2D eigenvalue weighted by Gasteiger charge is -2.20. The second kappa shape index (κ2) is 11.0. The van der Waals surface area contributed by atoms with Crippen molar-refractivity contribution < 1.29 is 24.2 Å². The van der Waals surface area contributed by atoms with Crippen LogP contribution in [0.15, 0.2) is 78.9 Å². The molecule has 166 valence electrons. The molecular weight excluding hydrogens is 406 g/mol. The minimum absolute atomic E-state index is 0.00978. The zero-order valence-corrected chi connectivity index (χ0v) is 18.2. The van der Waals surface area contributed by atoms with Crippen molar-refractivity contribution in [1.82, 2.24) is 0 Å². The SMILES string of the molecule is CCC(CC)Oc1ccc(OC(C(=O)Nc2ccccc2C(=O)O)c2ccccc2)cc1. The van der Waals surface area contributed by atoms with Crippen LogP contribution in [0.3, 0.4) is 0 Å². The summed E-state index contributed by atoms with van der Waals surface area (Å²) in [4.78, 5) is 24.6. The molecule has 0 radical (unpaired) electrons. The summed E-state index contributed by atoms with van der Waals surface area (Å²) in [6.45, 7) is 4.16. The van der Waals surface area contributed by atoms with Crippen LogP contribution in [0.2, 0.25) is 0 Å². The number of para-hydroxylation sites is 1. The lowest BCUT2D eigenvalue weighted by molar-refractivity contribution is -0.123. The summed E-state index contributed by atoms with van der Waals surface area (Å²) >= 11 is 0. The summed E-state index contributed by atoms with van der Waals surface area (Å²) in [7, 11) is 0. The smallest absolute Gasteiger partial charge is 0.337 e. The molecule has 0 spiro atoms. The quantitative estimate of drug-likeness (QED) is 0.428. The predicted molar refractivity (Wildman–Crippen MR) is 123 cm³/mol. The number of carbonyl (C=O) groups is 2. The van der Waals surface area contributed by atoms with Crippen molar-refractivity contribution in [3.63, 3.8) is 0 Å². The molecule has 0 aliphatic rings. The molecule has 1 amide bonds. The molecule has 3 aromatic carbocycles. The molecule has 0 aromatic heterocycles. The van der Waals surface area contributed by atoms with E-state index in [0.717, 1.165) is 18.6 Å². The minimum atomic E-state index is -1.12. The molecule has 1 atom stereocenters. The Hall–Kier alpha value is -3.80. The molecule has 0 heterocycles. The van der Waals surface area contributed by atoms with Gasteiger partial charge in [0.25, 0.3) is 5.91 Å². The van der Waals surface area contributed by atoms with E-state index in [4.69, 9.17) is 9.47 Å². The molecule has 6 heteroatoms. The van der Waals surface area contributed by atoms with Crippen LogP contribution in [0.25, 0.3) is 0 Å². The summed E-state index contributed by atoms with van der Waals surface area (Å²) in [5.41, 5.74) is 0.870. The second-order valence-corrected chi connectivity index (χ2v) is 7.28. The van der Waals surface area contributed by atoms with E-state index in [1.165, 1.54) is 6.07 Å². The van der Waals surface area contributed by atoms with E-state index in [1.54, 1.807) is 42.5 Å². The van der Waals surface area contributed by atoms with Gasteiger partial charge in [0.15, 0.2) is 0 Å². The van der Waals surface area contributed by atoms with Crippen molar-refractivity contribution in [2.75, 3.05) is 5.32 Å². The molecule has 0 bridgehead atoms. The molecular formula is C26H27NO5. The van der Waals surface area contributed by atoms with Crippen molar-refractivity contribution >= 4 is 17.6 Å². The molecule has 3 aromatic rings. The zero-order chi connectivity index (χ0) is 22.9. The van der Waals surface area contributed by atoms with E-state index >= 15 is 0 Å². The fraction of sp³-hybridized carbons (Fsp3) is 0.231. The summed E-state index contributed by atoms with van der Waals surface area (Å²) in [6.07, 6.45) is 1.02. The maximum absolute atomic E-state index is 13.1. The average molecular weight is 434 g/mol. The Balaban J connectivity index is 1.81. The number of rotatable bonds is 10. The van der Waals surface area contributed by atoms with Crippen LogP contribution in [0.1, 0.15) is 48.7 Å². The highest BCUT2D eigenvalue weighted by Crippen LogP contribution is 2.27. The maximum Gasteiger partial charge on any atom is 0.337 e. The van der Waals surface area contributed by atoms with E-state index in [1.807, 2.05) is 30.3 Å². The number of ether oxygens (including phenoxy) is 2. The first-order chi connectivity index (χ1) is 15.5. The van der Waals surface area contributed by atoms with Crippen LogP contribution in [0.5, 0.6) is 11.5 Å². The Bertz CT molecular complexity index is 1030. The molecule has 0 saturated carbocycles. The molecule has 3 rings (SSSR count). The van der Waals surface area contributed by atoms with Crippen LogP contribution < -0.4 is 14.8 Å². The lowest BCUT2D eigenvalue weighted by atomic mass is 10.1. The number of anilines is 1. The lowest BCUT2D eigenvalue weighted by Crippen LogP contribution is -2.26. The zero-order valence-electron chi connectivity index (χ0n) is 18.2. The number of carbonyl (C=O) groups excluding carboxylic acids is 1. The van der Waals surface area contributed by atoms with E-state index < -0.39 is 18.0 Å². The highest BCUT2D eigenvalue weighted by molar-refractivity contribution is 6.02. The Labute approximate surface area is 187 Å². The third-order valence-electron chi connectivity index (χ3n) is 5.05. The van der Waals surface area contributed by atoms with Crippen LogP contribution in [0.4, 0.5) is 5.69 Å². The first-order valence-corrected chi connectivity index (χ1v) is 10.6. The summed E-state index contributed by atoms with van der Waals surface area (Å²) in [6, 6.07) is 22.5. The van der Waals surface area contributed by atoms with Gasteiger partial charge in [0, 0.05) is 5.56 Å². The average Bonchev–Trinajstić information content (AvgIpc) is 2.82. The van der Waals surface area contributed by atoms with Gasteiger partial charge in [-0.2, -0.15) is 0 Å². The van der Waals surface area contributed by atoms with E-state index in [2.05, 4.69) is 19.2 Å². The Morgan fingerprint density at radius 2 is 1.38 bits per heavy atom. The van der Waals surface area contributed by atoms with Crippen LogP contribution in [-0.4, -0.2) is 23.1 Å². The Kier molecular flexibility index (Phi) is 7.86. The fourth-order valence-electron chi connectivity index (χ4n) is 3.26. The standard InChI is InChI=1S/C26H27NO5/c1-3-19(4-2)31-20-14-16-21(17-15-20)32-24(18-10-6-5-7-11-18)25(28)27-23-13-9-8-12-22(23)26(29)30/h5-17,19,24H,3-4H2,1-2H3,(H,27,28)(H,29,30). The monoisotopic (exact) mass is 433 g/mol. The first-order valence-electron chi connectivity index (χ1n) is 10.6. The van der Waals surface area contributed by atoms with Gasteiger partial charge < -0.3 is 19.9 Å². The summed E-state index contributed by atoms with van der Waals surface area (Å²) in [5, 5.41) is 12.1. The number of hydrogen-bond donors (Lipinski definition) is 2. The number of carboxylic acid groups (broad SMARTS) is 1. The highest BCUT2D eigenvalue weighted by Gasteiger charge is 2.24. The highest BCUT2D eigenvalue weighted by atomic mass is 16.5. The number of benzene rings is 3. The van der Waals surface area contributed by atoms with Crippen LogP contribution in [0, 0.1) is 0 Å². The molecule has 2 N–H and O–H groups in total. The number of aromatic carboxylic acids is 1. The van der Waals surface area contributed by atoms with E-state index in [0.29, 0.717) is 11.3 Å². The van der Waals surface area contributed by atoms with Gasteiger partial charge in [-0.15, -0.1) is 0 Å². The van der Waals surface area contributed by atoms with Crippen molar-refractivity contribution in [3.8, 4) is 11.5 Å². The molecule has 0 aliphatic heterocycles. The number of amides is 1. The van der Waals surface area contributed by atoms with Crippen molar-refractivity contribution in [3.05, 3.63) is 90.0 Å². The van der Waals surface area contributed by atoms with Gasteiger partial charge in [-0.1, -0.05) is 56.3 Å². The molecule has 1 unspecified atom stereocenters. The fourth-order valence-corrected chi connectivity index (χ4v) is 3.26. The summed E-state index contributed by atoms with van der Waals surface area (Å²) in [5.74, 6) is -0.354. The topological polar surface area (TPSA) is 84.9 Å². The molecule has 32 heavy (non-hydrogen) atoms. The largest absolute Gasteiger partial charge is 0.490 e. The van der Waals surface area contributed by atoms with E-state index in [9.17, 15) is 14.7 Å². The molecule has 0 fully saturated rings. The normalized spacial score (nSPS) is 11.6. The van der Waals surface area contributed by atoms with Crippen molar-refractivity contribution in [2.24, 2.45) is 0 Å². The van der Waals surface area contributed by atoms with Crippen molar-refractivity contribution in [2.45, 2.75) is 38.9 Å². The number of hydrogen-bond acceptors (Lipinski definition) is 4. The van der Waals surface area contributed by atoms with Crippen LogP contribution >= 0.6 is 0 Å². The third kappa shape index (κ3) is 5.88. The van der Waals surface area contributed by atoms with E-state index in [-0.39, 0.29) is 17.4 Å².